The highest BCUT2D eigenvalue weighted by molar-refractivity contribution is 5.99. The van der Waals surface area contributed by atoms with Gasteiger partial charge in [0, 0.05) is 6.04 Å². The molecule has 3 fully saturated rings. The molecule has 2 amide bonds. The second kappa shape index (κ2) is 5.62. The molecular formula is C17H28N2O2. The molecule has 3 unspecified atom stereocenters. The van der Waals surface area contributed by atoms with E-state index in [1.807, 2.05) is 11.8 Å². The van der Waals surface area contributed by atoms with Crippen molar-refractivity contribution in [3.05, 3.63) is 0 Å². The molecular weight excluding hydrogens is 264 g/mol. The zero-order chi connectivity index (χ0) is 15.0. The van der Waals surface area contributed by atoms with E-state index in [9.17, 15) is 9.59 Å². The zero-order valence-corrected chi connectivity index (χ0v) is 13.4. The van der Waals surface area contributed by atoms with Crippen molar-refractivity contribution in [2.75, 3.05) is 0 Å². The highest BCUT2D eigenvalue weighted by Crippen LogP contribution is 2.37. The van der Waals surface area contributed by atoms with Crippen molar-refractivity contribution in [2.24, 2.45) is 5.92 Å². The first-order chi connectivity index (χ1) is 10.0. The number of hydrogen-bond donors (Lipinski definition) is 1. The highest BCUT2D eigenvalue weighted by atomic mass is 16.2. The van der Waals surface area contributed by atoms with Crippen LogP contribution in [-0.2, 0) is 9.59 Å². The summed E-state index contributed by atoms with van der Waals surface area (Å²) in [6.07, 6.45) is 9.47. The van der Waals surface area contributed by atoms with Crippen LogP contribution in [0.15, 0.2) is 0 Å². The van der Waals surface area contributed by atoms with E-state index in [-0.39, 0.29) is 23.9 Å². The third-order valence-electron chi connectivity index (χ3n) is 5.81. The lowest BCUT2D eigenvalue weighted by molar-refractivity contribution is -0.160. The number of amides is 2. The second-order valence-corrected chi connectivity index (χ2v) is 7.45. The summed E-state index contributed by atoms with van der Waals surface area (Å²) < 4.78 is 0. The van der Waals surface area contributed by atoms with Gasteiger partial charge in [0.2, 0.25) is 11.8 Å². The van der Waals surface area contributed by atoms with Crippen molar-refractivity contribution in [3.8, 4) is 0 Å². The maximum Gasteiger partial charge on any atom is 0.249 e. The first-order valence-electron chi connectivity index (χ1n) is 8.68. The van der Waals surface area contributed by atoms with Gasteiger partial charge < -0.3 is 10.2 Å². The van der Waals surface area contributed by atoms with Crippen LogP contribution in [0.5, 0.6) is 0 Å². The Morgan fingerprint density at radius 1 is 1.05 bits per heavy atom. The largest absolute Gasteiger partial charge is 0.340 e. The molecule has 0 aromatic heterocycles. The predicted octanol–water partition coefficient (Wildman–Crippen LogP) is 2.61. The molecule has 0 aromatic rings. The lowest BCUT2D eigenvalue weighted by Gasteiger charge is -2.50. The first-order valence-corrected chi connectivity index (χ1v) is 8.68. The van der Waals surface area contributed by atoms with E-state index in [1.165, 1.54) is 19.3 Å². The van der Waals surface area contributed by atoms with Crippen LogP contribution in [0, 0.1) is 5.92 Å². The summed E-state index contributed by atoms with van der Waals surface area (Å²) in [5.41, 5.74) is -0.581. The molecule has 4 nitrogen and oxygen atoms in total. The number of hydrogen-bond acceptors (Lipinski definition) is 2. The van der Waals surface area contributed by atoms with Gasteiger partial charge in [0.25, 0.3) is 0 Å². The fourth-order valence-corrected chi connectivity index (χ4v) is 4.57. The van der Waals surface area contributed by atoms with Gasteiger partial charge in [-0.25, -0.2) is 0 Å². The molecule has 21 heavy (non-hydrogen) atoms. The normalized spacial score (nSPS) is 36.7. The molecule has 1 spiro atoms. The molecule has 1 saturated heterocycles. The number of rotatable bonds is 1. The third-order valence-corrected chi connectivity index (χ3v) is 5.81. The van der Waals surface area contributed by atoms with E-state index in [4.69, 9.17) is 0 Å². The minimum Gasteiger partial charge on any atom is -0.340 e. The molecule has 1 aliphatic heterocycles. The number of nitrogens with zero attached hydrogens (tertiary/aromatic N) is 1. The van der Waals surface area contributed by atoms with Gasteiger partial charge in [-0.1, -0.05) is 39.0 Å². The standard InChI is InChI=1S/C17H28N2O2/c1-12-7-6-8-14(11-12)19-13(2)15(20)18-17(16(19)21)9-4-3-5-10-17/h12-14H,3-11H2,1-2H3,(H,18,20). The van der Waals surface area contributed by atoms with Crippen molar-refractivity contribution < 1.29 is 9.59 Å². The Kier molecular flexibility index (Phi) is 3.98. The molecule has 0 bridgehead atoms. The molecule has 1 N–H and O–H groups in total. The number of piperazine rings is 1. The van der Waals surface area contributed by atoms with Gasteiger partial charge in [-0.3, -0.25) is 9.59 Å². The van der Waals surface area contributed by atoms with Crippen LogP contribution in [-0.4, -0.2) is 34.3 Å². The summed E-state index contributed by atoms with van der Waals surface area (Å²) in [5.74, 6) is 0.916. The summed E-state index contributed by atoms with van der Waals surface area (Å²) in [6, 6.07) is -0.0403. The maximum absolute atomic E-state index is 13.2. The molecule has 4 heteroatoms. The summed E-state index contributed by atoms with van der Waals surface area (Å²) >= 11 is 0. The average molecular weight is 292 g/mol. The van der Waals surface area contributed by atoms with Gasteiger partial charge in [-0.2, -0.15) is 0 Å². The molecule has 3 rings (SSSR count). The van der Waals surface area contributed by atoms with E-state index in [2.05, 4.69) is 12.2 Å². The van der Waals surface area contributed by atoms with E-state index in [0.717, 1.165) is 38.5 Å². The van der Waals surface area contributed by atoms with Crippen LogP contribution in [0.3, 0.4) is 0 Å². The molecule has 3 aliphatic rings. The van der Waals surface area contributed by atoms with Gasteiger partial charge in [0.05, 0.1) is 0 Å². The Morgan fingerprint density at radius 2 is 1.76 bits per heavy atom. The summed E-state index contributed by atoms with van der Waals surface area (Å²) in [5, 5.41) is 3.08. The van der Waals surface area contributed by atoms with Gasteiger partial charge in [0.15, 0.2) is 0 Å². The third kappa shape index (κ3) is 2.58. The zero-order valence-electron chi connectivity index (χ0n) is 13.4. The van der Waals surface area contributed by atoms with Crippen molar-refractivity contribution in [1.29, 1.82) is 0 Å². The fourth-order valence-electron chi connectivity index (χ4n) is 4.57. The highest BCUT2D eigenvalue weighted by Gasteiger charge is 2.51. The number of nitrogens with one attached hydrogen (secondary N) is 1. The number of carbonyl (C=O) groups excluding carboxylic acids is 2. The Morgan fingerprint density at radius 3 is 2.43 bits per heavy atom. The number of carbonyl (C=O) groups is 2. The smallest absolute Gasteiger partial charge is 0.249 e. The molecule has 2 saturated carbocycles. The first kappa shape index (κ1) is 14.9. The van der Waals surface area contributed by atoms with Crippen LogP contribution in [0.1, 0.15) is 71.6 Å². The van der Waals surface area contributed by atoms with Crippen LogP contribution in [0.4, 0.5) is 0 Å². The molecule has 2 aliphatic carbocycles. The van der Waals surface area contributed by atoms with E-state index >= 15 is 0 Å². The van der Waals surface area contributed by atoms with Crippen molar-refractivity contribution in [2.45, 2.75) is 89.3 Å². The quantitative estimate of drug-likeness (QED) is 0.807. The molecule has 0 radical (unpaired) electrons. The van der Waals surface area contributed by atoms with Crippen LogP contribution >= 0.6 is 0 Å². The van der Waals surface area contributed by atoms with Gasteiger partial charge in [-0.05, 0) is 38.5 Å². The predicted molar refractivity (Wildman–Crippen MR) is 81.7 cm³/mol. The van der Waals surface area contributed by atoms with Gasteiger partial charge in [0.1, 0.15) is 11.6 Å². The fraction of sp³-hybridized carbons (Fsp3) is 0.882. The average Bonchev–Trinajstić information content (AvgIpc) is 2.47. The van der Waals surface area contributed by atoms with E-state index in [1.54, 1.807) is 0 Å². The summed E-state index contributed by atoms with van der Waals surface area (Å²) in [6.45, 7) is 4.16. The Balaban J connectivity index is 1.86. The van der Waals surface area contributed by atoms with Crippen molar-refractivity contribution in [3.63, 3.8) is 0 Å². The lowest BCUT2D eigenvalue weighted by atomic mass is 9.77. The molecule has 3 atom stereocenters. The second-order valence-electron chi connectivity index (χ2n) is 7.45. The van der Waals surface area contributed by atoms with Crippen LogP contribution in [0.25, 0.3) is 0 Å². The van der Waals surface area contributed by atoms with E-state index in [0.29, 0.717) is 5.92 Å². The molecule has 1 heterocycles. The van der Waals surface area contributed by atoms with Gasteiger partial charge in [-0.15, -0.1) is 0 Å². The Labute approximate surface area is 127 Å². The molecule has 0 aromatic carbocycles. The Bertz CT molecular complexity index is 429. The minimum absolute atomic E-state index is 0.0507. The summed E-state index contributed by atoms with van der Waals surface area (Å²) in [4.78, 5) is 27.6. The van der Waals surface area contributed by atoms with Gasteiger partial charge >= 0.3 is 0 Å². The molecule has 118 valence electrons. The Hall–Kier alpha value is -1.06. The lowest BCUT2D eigenvalue weighted by Crippen LogP contribution is -2.72. The topological polar surface area (TPSA) is 49.4 Å². The van der Waals surface area contributed by atoms with E-state index < -0.39 is 5.54 Å². The SMILES string of the molecule is CC1CCCC(N2C(=O)C3(CCCCC3)NC(=O)C2C)C1. The van der Waals surface area contributed by atoms with Crippen molar-refractivity contribution in [1.82, 2.24) is 10.2 Å². The van der Waals surface area contributed by atoms with Crippen molar-refractivity contribution >= 4 is 11.8 Å². The van der Waals surface area contributed by atoms with Crippen LogP contribution < -0.4 is 5.32 Å². The maximum atomic E-state index is 13.2. The monoisotopic (exact) mass is 292 g/mol. The van der Waals surface area contributed by atoms with Crippen LogP contribution in [0.2, 0.25) is 0 Å². The minimum atomic E-state index is -0.581. The summed E-state index contributed by atoms with van der Waals surface area (Å²) in [7, 11) is 0.